The Morgan fingerprint density at radius 2 is 2.53 bits per heavy atom. The van der Waals surface area contributed by atoms with Gasteiger partial charge in [-0.2, -0.15) is 0 Å². The lowest BCUT2D eigenvalue weighted by atomic mass is 10.1. The van der Waals surface area contributed by atoms with Crippen LogP contribution in [0.2, 0.25) is 0 Å². The van der Waals surface area contributed by atoms with Gasteiger partial charge in [0.1, 0.15) is 4.88 Å². The van der Waals surface area contributed by atoms with Gasteiger partial charge in [-0.15, -0.1) is 11.3 Å². The van der Waals surface area contributed by atoms with Crippen LogP contribution in [-0.4, -0.2) is 25.2 Å². The Labute approximate surface area is 106 Å². The van der Waals surface area contributed by atoms with E-state index in [2.05, 4.69) is 27.9 Å². The van der Waals surface area contributed by atoms with Gasteiger partial charge in [-0.3, -0.25) is 4.79 Å². The summed E-state index contributed by atoms with van der Waals surface area (Å²) in [4.78, 5) is 12.6. The minimum absolute atomic E-state index is 0.0323. The number of hydrogen-bond acceptors (Lipinski definition) is 3. The molecule has 1 fully saturated rings. The molecule has 0 spiro atoms. The van der Waals surface area contributed by atoms with E-state index in [9.17, 15) is 4.79 Å². The number of halogens is 1. The maximum Gasteiger partial charge on any atom is 0.262 e. The second-order valence-corrected chi connectivity index (χ2v) is 5.56. The number of amides is 1. The van der Waals surface area contributed by atoms with Crippen LogP contribution in [0.1, 0.15) is 22.5 Å². The molecule has 1 aromatic heterocycles. The lowest BCUT2D eigenvalue weighted by Gasteiger charge is -2.22. The van der Waals surface area contributed by atoms with Crippen LogP contribution in [-0.2, 0) is 4.74 Å². The van der Waals surface area contributed by atoms with Crippen molar-refractivity contribution in [3.05, 3.63) is 19.9 Å². The second-order valence-electron chi connectivity index (χ2n) is 3.49. The average molecular weight is 337 g/mol. The first-order chi connectivity index (χ1) is 7.27. The van der Waals surface area contributed by atoms with Gasteiger partial charge in [0.15, 0.2) is 0 Å². The fraction of sp³-hybridized carbons (Fsp3) is 0.500. The van der Waals surface area contributed by atoms with Crippen molar-refractivity contribution in [2.75, 3.05) is 13.2 Å². The molecule has 0 aromatic carbocycles. The number of thiophene rings is 1. The average Bonchev–Trinajstić information content (AvgIpc) is 2.66. The second kappa shape index (κ2) is 5.27. The number of hydrogen-bond donors (Lipinski definition) is 1. The summed E-state index contributed by atoms with van der Waals surface area (Å²) >= 11 is 3.67. The number of carbonyl (C=O) groups excluding carboxylic acids is 1. The molecule has 2 heterocycles. The van der Waals surface area contributed by atoms with E-state index in [1.165, 1.54) is 11.3 Å². The van der Waals surface area contributed by atoms with E-state index >= 15 is 0 Å². The molecular weight excluding hydrogens is 325 g/mol. The highest BCUT2D eigenvalue weighted by Crippen LogP contribution is 2.19. The Kier molecular flexibility index (Phi) is 3.99. The van der Waals surface area contributed by atoms with E-state index in [-0.39, 0.29) is 11.9 Å². The number of nitrogens with one attached hydrogen (secondary N) is 1. The van der Waals surface area contributed by atoms with E-state index in [0.29, 0.717) is 6.61 Å². The fourth-order valence-electron chi connectivity index (χ4n) is 1.56. The Morgan fingerprint density at radius 3 is 3.13 bits per heavy atom. The van der Waals surface area contributed by atoms with Gasteiger partial charge < -0.3 is 10.1 Å². The summed E-state index contributed by atoms with van der Waals surface area (Å²) in [5.41, 5.74) is 0. The zero-order valence-corrected chi connectivity index (χ0v) is 11.1. The van der Waals surface area contributed by atoms with Gasteiger partial charge in [-0.25, -0.2) is 0 Å². The van der Waals surface area contributed by atoms with Crippen molar-refractivity contribution in [3.63, 3.8) is 0 Å². The minimum Gasteiger partial charge on any atom is -0.379 e. The van der Waals surface area contributed by atoms with Crippen LogP contribution in [0.15, 0.2) is 11.4 Å². The summed E-state index contributed by atoms with van der Waals surface area (Å²) in [6.07, 6.45) is 2.06. The zero-order chi connectivity index (χ0) is 10.7. The summed E-state index contributed by atoms with van der Waals surface area (Å²) in [5.74, 6) is 0.0323. The van der Waals surface area contributed by atoms with Gasteiger partial charge in [0.2, 0.25) is 0 Å². The summed E-state index contributed by atoms with van der Waals surface area (Å²) in [7, 11) is 0. The first kappa shape index (κ1) is 11.3. The van der Waals surface area contributed by atoms with Gasteiger partial charge in [0, 0.05) is 10.2 Å². The molecular formula is C10H12INO2S. The molecule has 0 saturated carbocycles. The Morgan fingerprint density at radius 1 is 1.67 bits per heavy atom. The van der Waals surface area contributed by atoms with E-state index in [0.717, 1.165) is 27.9 Å². The highest BCUT2D eigenvalue weighted by atomic mass is 127. The Hall–Kier alpha value is -0.140. The van der Waals surface area contributed by atoms with Crippen molar-refractivity contribution in [1.29, 1.82) is 0 Å². The number of rotatable bonds is 2. The van der Waals surface area contributed by atoms with Crippen molar-refractivity contribution in [3.8, 4) is 0 Å². The molecule has 15 heavy (non-hydrogen) atoms. The molecule has 0 aliphatic carbocycles. The van der Waals surface area contributed by atoms with Crippen LogP contribution in [0.3, 0.4) is 0 Å². The third kappa shape index (κ3) is 2.92. The van der Waals surface area contributed by atoms with Gasteiger partial charge in [-0.1, -0.05) is 0 Å². The van der Waals surface area contributed by atoms with Gasteiger partial charge in [0.05, 0.1) is 12.6 Å². The lowest BCUT2D eigenvalue weighted by Crippen LogP contribution is -2.40. The number of carbonyl (C=O) groups is 1. The fourth-order valence-corrected chi connectivity index (χ4v) is 3.30. The first-order valence-corrected chi connectivity index (χ1v) is 6.85. The Bertz CT molecular complexity index is 347. The molecule has 1 amide bonds. The molecule has 82 valence electrons. The van der Waals surface area contributed by atoms with Crippen molar-refractivity contribution < 1.29 is 9.53 Å². The van der Waals surface area contributed by atoms with Crippen LogP contribution < -0.4 is 5.32 Å². The quantitative estimate of drug-likeness (QED) is 0.841. The minimum atomic E-state index is 0.0323. The highest BCUT2D eigenvalue weighted by molar-refractivity contribution is 14.1. The maximum absolute atomic E-state index is 11.8. The topological polar surface area (TPSA) is 38.3 Å². The molecule has 1 aliphatic heterocycles. The molecule has 1 saturated heterocycles. The van der Waals surface area contributed by atoms with Crippen LogP contribution in [0.4, 0.5) is 0 Å². The van der Waals surface area contributed by atoms with Gasteiger partial charge >= 0.3 is 0 Å². The largest absolute Gasteiger partial charge is 0.379 e. The van der Waals surface area contributed by atoms with Crippen molar-refractivity contribution in [2.24, 2.45) is 0 Å². The van der Waals surface area contributed by atoms with Gasteiger partial charge in [-0.05, 0) is 46.9 Å². The third-order valence-electron chi connectivity index (χ3n) is 2.32. The predicted molar refractivity (Wildman–Crippen MR) is 68.3 cm³/mol. The van der Waals surface area contributed by atoms with Crippen molar-refractivity contribution >= 4 is 39.8 Å². The van der Waals surface area contributed by atoms with E-state index in [1.807, 2.05) is 11.4 Å². The van der Waals surface area contributed by atoms with E-state index < -0.39 is 0 Å². The smallest absolute Gasteiger partial charge is 0.262 e. The molecule has 1 aromatic rings. The first-order valence-electron chi connectivity index (χ1n) is 4.89. The molecule has 1 aliphatic rings. The third-order valence-corrected chi connectivity index (χ3v) is 4.50. The molecule has 0 bridgehead atoms. The predicted octanol–water partition coefficient (Wildman–Crippen LogP) is 2.26. The molecule has 5 heteroatoms. The van der Waals surface area contributed by atoms with Crippen molar-refractivity contribution in [2.45, 2.75) is 18.9 Å². The summed E-state index contributed by atoms with van der Waals surface area (Å²) < 4.78 is 6.34. The maximum atomic E-state index is 11.8. The standard InChI is InChI=1S/C10H12INO2S/c11-8-3-5-15-9(8)10(13)12-7-2-1-4-14-6-7/h3,5,7H,1-2,4,6H2,(H,12,13). The lowest BCUT2D eigenvalue weighted by molar-refractivity contribution is 0.0625. The normalized spacial score (nSPS) is 21.3. The van der Waals surface area contributed by atoms with Crippen LogP contribution in [0, 0.1) is 3.57 Å². The molecule has 2 rings (SSSR count). The monoisotopic (exact) mass is 337 g/mol. The van der Waals surface area contributed by atoms with Crippen LogP contribution >= 0.6 is 33.9 Å². The summed E-state index contributed by atoms with van der Waals surface area (Å²) in [6, 6.07) is 2.14. The van der Waals surface area contributed by atoms with E-state index in [1.54, 1.807) is 0 Å². The van der Waals surface area contributed by atoms with Crippen LogP contribution in [0.5, 0.6) is 0 Å². The molecule has 0 radical (unpaired) electrons. The highest BCUT2D eigenvalue weighted by Gasteiger charge is 2.18. The molecule has 1 atom stereocenters. The summed E-state index contributed by atoms with van der Waals surface area (Å²) in [5, 5.41) is 4.94. The van der Waals surface area contributed by atoms with Crippen LogP contribution in [0.25, 0.3) is 0 Å². The summed E-state index contributed by atoms with van der Waals surface area (Å²) in [6.45, 7) is 1.47. The zero-order valence-electron chi connectivity index (χ0n) is 8.16. The SMILES string of the molecule is O=C(NC1CCCOC1)c1sccc1I. The van der Waals surface area contributed by atoms with E-state index in [4.69, 9.17) is 4.74 Å². The number of ether oxygens (including phenoxy) is 1. The van der Waals surface area contributed by atoms with Crippen molar-refractivity contribution in [1.82, 2.24) is 5.32 Å². The Balaban J connectivity index is 1.94. The molecule has 1 unspecified atom stereocenters. The molecule has 3 nitrogen and oxygen atoms in total. The van der Waals surface area contributed by atoms with Gasteiger partial charge in [0.25, 0.3) is 5.91 Å². The molecule has 1 N–H and O–H groups in total.